The number of ether oxygens (including phenoxy) is 2. The highest BCUT2D eigenvalue weighted by atomic mass is 79.9. The van der Waals surface area contributed by atoms with Crippen molar-refractivity contribution in [2.45, 2.75) is 136 Å². The lowest BCUT2D eigenvalue weighted by atomic mass is 10.1. The summed E-state index contributed by atoms with van der Waals surface area (Å²) in [6, 6.07) is 16.4. The van der Waals surface area contributed by atoms with Crippen LogP contribution < -0.4 is 0 Å². The third-order valence-electron chi connectivity index (χ3n) is 10.9. The number of rotatable bonds is 11. The van der Waals surface area contributed by atoms with Gasteiger partial charge in [0, 0.05) is 62.6 Å². The Morgan fingerprint density at radius 1 is 0.733 bits per heavy atom. The maximum Gasteiger partial charge on any atom is 0.307 e. The van der Waals surface area contributed by atoms with Crippen LogP contribution >= 0.6 is 66.7 Å². The highest BCUT2D eigenvalue weighted by Crippen LogP contribution is 2.37. The summed E-state index contributed by atoms with van der Waals surface area (Å²) in [5, 5.41) is 10.9. The smallest absolute Gasteiger partial charge is 0.307 e. The van der Waals surface area contributed by atoms with Crippen molar-refractivity contribution in [2.75, 3.05) is 33.0 Å². The van der Waals surface area contributed by atoms with Crippen molar-refractivity contribution < 1.29 is 33.0 Å². The number of hydrogen-bond acceptors (Lipinski definition) is 6. The van der Waals surface area contributed by atoms with Crippen LogP contribution in [-0.2, 0) is 42.4 Å². The number of carbonyl (C=O) groups is 2. The molecule has 1 unspecified atom stereocenters. The molecule has 14 heteroatoms. The molecule has 0 radical (unpaired) electrons. The molecule has 0 aliphatic carbocycles. The molecule has 0 aromatic heterocycles. The molecule has 3 aromatic carbocycles. The standard InChI is InChI=1S/C15H23ClO2Si.C14H22BrClOSi.C8H6BrClO2.C5H10O.C4H8O/c1-15(2,3)19(4,5)18-9-8-12-6-7-14(16)10-13(12)11-17;1-14(2,3)18(4,5)17-9-8-11-6-7-12(16)10-13(11)15;9-7-4-6(10)2-1-5(7)3-8(11)12;1-5-3-2-4-6-5;1-2-4-5-3-1/h6-7,10-11H,8-9H2,1-5H3;6-7,10H,8-9H2,1-5H3;1-2,4H,3H2,(H,11,12);5H,2-4H2,1H3;1-4H2. The van der Waals surface area contributed by atoms with E-state index in [4.69, 9.17) is 58.2 Å². The fourth-order valence-corrected chi connectivity index (χ4v) is 8.94. The van der Waals surface area contributed by atoms with Crippen LogP contribution in [0.15, 0.2) is 63.5 Å². The van der Waals surface area contributed by atoms with Gasteiger partial charge in [-0.1, -0.05) is 126 Å². The van der Waals surface area contributed by atoms with Crippen molar-refractivity contribution >= 4 is 95.6 Å². The Hall–Kier alpha value is -1.10. The molecule has 2 saturated heterocycles. The van der Waals surface area contributed by atoms with Gasteiger partial charge < -0.3 is 23.4 Å². The minimum absolute atomic E-state index is 0.0117. The molecule has 3 aromatic rings. The maximum absolute atomic E-state index is 11.0. The second kappa shape index (κ2) is 27.9. The molecule has 1 atom stereocenters. The van der Waals surface area contributed by atoms with Gasteiger partial charge in [-0.2, -0.15) is 0 Å². The van der Waals surface area contributed by atoms with E-state index in [-0.39, 0.29) is 16.5 Å². The van der Waals surface area contributed by atoms with E-state index in [9.17, 15) is 9.59 Å². The zero-order valence-corrected chi connectivity index (χ0v) is 45.1. The van der Waals surface area contributed by atoms with Crippen LogP contribution in [0.2, 0.25) is 51.3 Å². The molecule has 2 heterocycles. The first kappa shape index (κ1) is 56.9. The van der Waals surface area contributed by atoms with Crippen molar-refractivity contribution in [3.8, 4) is 0 Å². The van der Waals surface area contributed by atoms with E-state index in [0.29, 0.717) is 28.3 Å². The van der Waals surface area contributed by atoms with Crippen molar-refractivity contribution in [3.05, 3.63) is 101 Å². The summed E-state index contributed by atoms with van der Waals surface area (Å²) in [5.41, 5.74) is 3.63. The van der Waals surface area contributed by atoms with Crippen LogP contribution in [0.1, 0.15) is 101 Å². The Labute approximate surface area is 395 Å². The molecule has 7 nitrogen and oxygen atoms in total. The minimum Gasteiger partial charge on any atom is -0.481 e. The number of carboxylic acids is 1. The number of hydrogen-bond donors (Lipinski definition) is 1. The normalized spacial score (nSPS) is 15.2. The molecule has 60 heavy (non-hydrogen) atoms. The lowest BCUT2D eigenvalue weighted by Crippen LogP contribution is -2.41. The van der Waals surface area contributed by atoms with E-state index < -0.39 is 22.6 Å². The molecule has 5 rings (SSSR count). The second-order valence-corrected chi connectivity index (χ2v) is 30.5. The first-order valence-corrected chi connectivity index (χ1v) is 29.1. The van der Waals surface area contributed by atoms with Gasteiger partial charge in [-0.3, -0.25) is 9.59 Å². The fourth-order valence-electron chi connectivity index (χ4n) is 4.97. The van der Waals surface area contributed by atoms with Gasteiger partial charge in [0.05, 0.1) is 12.5 Å². The van der Waals surface area contributed by atoms with Gasteiger partial charge in [-0.15, -0.1) is 0 Å². The molecule has 2 fully saturated rings. The molecular weight excluding hydrogens is 987 g/mol. The van der Waals surface area contributed by atoms with E-state index >= 15 is 0 Å². The molecule has 2 aliphatic rings. The number of benzene rings is 3. The van der Waals surface area contributed by atoms with Crippen LogP contribution in [0.5, 0.6) is 0 Å². The molecule has 338 valence electrons. The predicted octanol–water partition coefficient (Wildman–Crippen LogP) is 15.1. The first-order chi connectivity index (χ1) is 27.8. The third-order valence-corrected chi connectivity index (χ3v) is 22.1. The largest absolute Gasteiger partial charge is 0.481 e. The summed E-state index contributed by atoms with van der Waals surface area (Å²) in [4.78, 5) is 21.4. The van der Waals surface area contributed by atoms with Gasteiger partial charge in [0.15, 0.2) is 16.6 Å². The highest BCUT2D eigenvalue weighted by molar-refractivity contribution is 9.10. The summed E-state index contributed by atoms with van der Waals surface area (Å²) < 4.78 is 24.2. The van der Waals surface area contributed by atoms with Gasteiger partial charge in [-0.05, 0) is 135 Å². The molecular formula is C46H69Br2Cl3O7Si2. The zero-order valence-electron chi connectivity index (χ0n) is 37.6. The molecule has 0 amide bonds. The van der Waals surface area contributed by atoms with Crippen molar-refractivity contribution in [1.29, 1.82) is 0 Å². The Morgan fingerprint density at radius 3 is 1.50 bits per heavy atom. The van der Waals surface area contributed by atoms with Crippen LogP contribution in [0.25, 0.3) is 0 Å². The van der Waals surface area contributed by atoms with Gasteiger partial charge in [0.25, 0.3) is 0 Å². The summed E-state index contributed by atoms with van der Waals surface area (Å²) in [6.45, 7) is 29.0. The number of halogens is 5. The van der Waals surface area contributed by atoms with Crippen LogP contribution in [0, 0.1) is 0 Å². The number of aliphatic carboxylic acids is 1. The Morgan fingerprint density at radius 2 is 1.17 bits per heavy atom. The van der Waals surface area contributed by atoms with Crippen LogP contribution in [-0.4, -0.2) is 73.1 Å². The topological polar surface area (TPSA) is 91.3 Å². The van der Waals surface area contributed by atoms with Gasteiger partial charge in [0.2, 0.25) is 0 Å². The Balaban J connectivity index is 0.000000403. The first-order valence-electron chi connectivity index (χ1n) is 20.6. The lowest BCUT2D eigenvalue weighted by molar-refractivity contribution is -0.136. The van der Waals surface area contributed by atoms with Crippen LogP contribution in [0.4, 0.5) is 0 Å². The van der Waals surface area contributed by atoms with Crippen molar-refractivity contribution in [1.82, 2.24) is 0 Å². The predicted molar refractivity (Wildman–Crippen MR) is 265 cm³/mol. The summed E-state index contributed by atoms with van der Waals surface area (Å²) in [7, 11) is -3.34. The van der Waals surface area contributed by atoms with Crippen molar-refractivity contribution in [2.24, 2.45) is 0 Å². The average molecular weight is 1060 g/mol. The van der Waals surface area contributed by atoms with E-state index in [1.54, 1.807) is 24.3 Å². The lowest BCUT2D eigenvalue weighted by Gasteiger charge is -2.36. The summed E-state index contributed by atoms with van der Waals surface area (Å²) in [6.07, 6.45) is 8.17. The maximum atomic E-state index is 11.0. The molecule has 0 spiro atoms. The van der Waals surface area contributed by atoms with E-state index in [0.717, 1.165) is 70.7 Å². The minimum atomic E-state index is -1.71. The third kappa shape index (κ3) is 23.0. The van der Waals surface area contributed by atoms with Gasteiger partial charge in [-0.25, -0.2) is 0 Å². The molecule has 1 N–H and O–H groups in total. The summed E-state index contributed by atoms with van der Waals surface area (Å²) in [5.74, 6) is -0.849. The number of carbonyl (C=O) groups excluding carboxylic acids is 1. The second-order valence-electron chi connectivity index (χ2n) is 17.9. The Bertz CT molecular complexity index is 1730. The van der Waals surface area contributed by atoms with Crippen LogP contribution in [0.3, 0.4) is 0 Å². The van der Waals surface area contributed by atoms with E-state index in [1.165, 1.54) is 31.2 Å². The molecule has 0 saturated carbocycles. The average Bonchev–Trinajstić information content (AvgIpc) is 3.89. The zero-order chi connectivity index (χ0) is 45.7. The molecule has 2 aliphatic heterocycles. The van der Waals surface area contributed by atoms with E-state index in [2.05, 4.69) is 113 Å². The van der Waals surface area contributed by atoms with Crippen molar-refractivity contribution in [3.63, 3.8) is 0 Å². The van der Waals surface area contributed by atoms with Gasteiger partial charge in [0.1, 0.15) is 6.29 Å². The number of aldehydes is 1. The fraction of sp³-hybridized carbons (Fsp3) is 0.565. The SMILES string of the molecule is C1CCOC1.CC(C)(C)[Si](C)(C)OCCc1ccc(Cl)cc1Br.CC(C)(C)[Si](C)(C)OCCc1ccc(Cl)cc1C=O.CC1CCCO1.O=C(O)Cc1ccc(Cl)cc1Br. The van der Waals surface area contributed by atoms with Gasteiger partial charge >= 0.3 is 5.97 Å². The Kier molecular flexibility index (Phi) is 26.5. The highest BCUT2D eigenvalue weighted by Gasteiger charge is 2.37. The molecule has 0 bridgehead atoms. The number of carboxylic acid groups (broad SMARTS) is 1. The quantitative estimate of drug-likeness (QED) is 0.151. The monoisotopic (exact) mass is 1050 g/mol. The van der Waals surface area contributed by atoms with E-state index in [1.807, 2.05) is 24.3 Å². The summed E-state index contributed by atoms with van der Waals surface area (Å²) >= 11 is 24.3.